The molecule has 3 nitrogen and oxygen atoms in total. The van der Waals surface area contributed by atoms with Gasteiger partial charge >= 0.3 is 0 Å². The maximum Gasteiger partial charge on any atom is 0.149 e. The quantitative estimate of drug-likeness (QED) is 0.897. The molecule has 1 aliphatic rings. The maximum absolute atomic E-state index is 13.6. The SMILES string of the molecule is CN1CCNC(CCN(C)c2ccc(F)cc2F)C1. The minimum Gasteiger partial charge on any atom is -0.372 e. The molecule has 1 heterocycles. The van der Waals surface area contributed by atoms with Gasteiger partial charge in [0.1, 0.15) is 11.6 Å². The summed E-state index contributed by atoms with van der Waals surface area (Å²) in [5, 5.41) is 3.46. The van der Waals surface area contributed by atoms with Crippen LogP contribution in [0.2, 0.25) is 0 Å². The van der Waals surface area contributed by atoms with E-state index in [1.807, 2.05) is 11.9 Å². The zero-order valence-corrected chi connectivity index (χ0v) is 11.5. The summed E-state index contributed by atoms with van der Waals surface area (Å²) in [7, 11) is 3.94. The van der Waals surface area contributed by atoms with Gasteiger partial charge in [0.05, 0.1) is 5.69 Å². The molecule has 1 N–H and O–H groups in total. The summed E-state index contributed by atoms with van der Waals surface area (Å²) >= 11 is 0. The van der Waals surface area contributed by atoms with Crippen LogP contribution in [0, 0.1) is 11.6 Å². The number of likely N-dealkylation sites (N-methyl/N-ethyl adjacent to an activating group) is 1. The van der Waals surface area contributed by atoms with Crippen LogP contribution in [0.3, 0.4) is 0 Å². The van der Waals surface area contributed by atoms with Crippen molar-refractivity contribution in [3.05, 3.63) is 29.8 Å². The van der Waals surface area contributed by atoms with E-state index in [4.69, 9.17) is 0 Å². The third kappa shape index (κ3) is 3.88. The highest BCUT2D eigenvalue weighted by molar-refractivity contribution is 5.46. The number of nitrogens with one attached hydrogen (secondary N) is 1. The van der Waals surface area contributed by atoms with E-state index in [0.29, 0.717) is 11.7 Å². The molecule has 1 saturated heterocycles. The van der Waals surface area contributed by atoms with Crippen LogP contribution < -0.4 is 10.2 Å². The number of anilines is 1. The monoisotopic (exact) mass is 269 g/mol. The largest absolute Gasteiger partial charge is 0.372 e. The lowest BCUT2D eigenvalue weighted by molar-refractivity contribution is 0.233. The molecule has 0 aromatic heterocycles. The van der Waals surface area contributed by atoms with Gasteiger partial charge in [-0.25, -0.2) is 8.78 Å². The molecule has 0 spiro atoms. The van der Waals surface area contributed by atoms with Gasteiger partial charge in [-0.15, -0.1) is 0 Å². The first-order chi connectivity index (χ1) is 9.06. The number of halogens is 2. The van der Waals surface area contributed by atoms with Crippen LogP contribution in [0.4, 0.5) is 14.5 Å². The Hall–Kier alpha value is -1.20. The second kappa shape index (κ2) is 6.30. The second-order valence-corrected chi connectivity index (χ2v) is 5.22. The summed E-state index contributed by atoms with van der Waals surface area (Å²) < 4.78 is 26.5. The fourth-order valence-electron chi connectivity index (χ4n) is 2.45. The zero-order valence-electron chi connectivity index (χ0n) is 11.5. The molecule has 0 amide bonds. The Labute approximate surface area is 113 Å². The topological polar surface area (TPSA) is 18.5 Å². The van der Waals surface area contributed by atoms with Crippen molar-refractivity contribution in [1.82, 2.24) is 10.2 Å². The van der Waals surface area contributed by atoms with E-state index in [0.717, 1.165) is 38.7 Å². The van der Waals surface area contributed by atoms with Crippen molar-refractivity contribution in [3.8, 4) is 0 Å². The predicted octanol–water partition coefficient (Wildman–Crippen LogP) is 1.69. The van der Waals surface area contributed by atoms with Gasteiger partial charge in [-0.2, -0.15) is 0 Å². The molecule has 2 rings (SSSR count). The average molecular weight is 269 g/mol. The molecule has 1 aromatic carbocycles. The van der Waals surface area contributed by atoms with Gasteiger partial charge in [0.2, 0.25) is 0 Å². The second-order valence-electron chi connectivity index (χ2n) is 5.22. The lowest BCUT2D eigenvalue weighted by atomic mass is 10.1. The number of benzene rings is 1. The van der Waals surface area contributed by atoms with Crippen LogP contribution in [0.15, 0.2) is 18.2 Å². The van der Waals surface area contributed by atoms with Crippen LogP contribution >= 0.6 is 0 Å². The first-order valence-electron chi connectivity index (χ1n) is 6.64. The average Bonchev–Trinajstić information content (AvgIpc) is 2.36. The Kier molecular flexibility index (Phi) is 4.71. The molecule has 1 aliphatic heterocycles. The summed E-state index contributed by atoms with van der Waals surface area (Å²) in [5.74, 6) is -1.04. The highest BCUT2D eigenvalue weighted by atomic mass is 19.1. The Morgan fingerprint density at radius 3 is 2.89 bits per heavy atom. The number of hydrogen-bond donors (Lipinski definition) is 1. The van der Waals surface area contributed by atoms with Crippen molar-refractivity contribution < 1.29 is 8.78 Å². The fourth-order valence-corrected chi connectivity index (χ4v) is 2.45. The summed E-state index contributed by atoms with van der Waals surface area (Å²) in [5.41, 5.74) is 0.450. The molecular weight excluding hydrogens is 248 g/mol. The molecular formula is C14H21F2N3. The van der Waals surface area contributed by atoms with E-state index in [1.54, 1.807) is 0 Å². The zero-order chi connectivity index (χ0) is 13.8. The van der Waals surface area contributed by atoms with Crippen molar-refractivity contribution >= 4 is 5.69 Å². The molecule has 0 aliphatic carbocycles. The molecule has 0 saturated carbocycles. The lowest BCUT2D eigenvalue weighted by Gasteiger charge is -2.32. The lowest BCUT2D eigenvalue weighted by Crippen LogP contribution is -2.49. The number of rotatable bonds is 4. The third-order valence-corrected chi connectivity index (χ3v) is 3.59. The minimum absolute atomic E-state index is 0.435. The minimum atomic E-state index is -0.537. The van der Waals surface area contributed by atoms with Crippen molar-refractivity contribution in [1.29, 1.82) is 0 Å². The Morgan fingerprint density at radius 2 is 2.21 bits per heavy atom. The van der Waals surface area contributed by atoms with E-state index >= 15 is 0 Å². The van der Waals surface area contributed by atoms with Crippen molar-refractivity contribution in [2.24, 2.45) is 0 Å². The van der Waals surface area contributed by atoms with E-state index in [1.165, 1.54) is 12.1 Å². The molecule has 1 unspecified atom stereocenters. The smallest absolute Gasteiger partial charge is 0.149 e. The van der Waals surface area contributed by atoms with Crippen LogP contribution in [-0.2, 0) is 0 Å². The van der Waals surface area contributed by atoms with Gasteiger partial charge < -0.3 is 15.1 Å². The number of piperazine rings is 1. The standard InChI is InChI=1S/C14H21F2N3/c1-18-8-6-17-12(10-18)5-7-19(2)14-4-3-11(15)9-13(14)16/h3-4,9,12,17H,5-8,10H2,1-2H3. The highest BCUT2D eigenvalue weighted by Crippen LogP contribution is 2.19. The first-order valence-corrected chi connectivity index (χ1v) is 6.64. The Balaban J connectivity index is 1.88. The molecule has 1 atom stereocenters. The van der Waals surface area contributed by atoms with Crippen molar-refractivity contribution in [3.63, 3.8) is 0 Å². The van der Waals surface area contributed by atoms with Gasteiger partial charge in [0.25, 0.3) is 0 Å². The van der Waals surface area contributed by atoms with Crippen molar-refractivity contribution in [2.45, 2.75) is 12.5 Å². The van der Waals surface area contributed by atoms with Gasteiger partial charge in [-0.3, -0.25) is 0 Å². The molecule has 19 heavy (non-hydrogen) atoms. The van der Waals surface area contributed by atoms with E-state index in [-0.39, 0.29) is 0 Å². The first kappa shape index (κ1) is 14.2. The van der Waals surface area contributed by atoms with Gasteiger partial charge in [-0.05, 0) is 25.6 Å². The van der Waals surface area contributed by atoms with Gasteiger partial charge in [0, 0.05) is 45.3 Å². The molecule has 0 bridgehead atoms. The highest BCUT2D eigenvalue weighted by Gasteiger charge is 2.17. The normalized spacial score (nSPS) is 20.5. The third-order valence-electron chi connectivity index (χ3n) is 3.59. The molecule has 0 radical (unpaired) electrons. The predicted molar refractivity (Wildman–Crippen MR) is 73.5 cm³/mol. The fraction of sp³-hybridized carbons (Fsp3) is 0.571. The summed E-state index contributed by atoms with van der Waals surface area (Å²) in [6.07, 6.45) is 0.942. The van der Waals surface area contributed by atoms with E-state index in [2.05, 4.69) is 17.3 Å². The summed E-state index contributed by atoms with van der Waals surface area (Å²) in [6.45, 7) is 3.82. The Bertz CT molecular complexity index is 425. The van der Waals surface area contributed by atoms with Crippen LogP contribution in [-0.4, -0.2) is 51.2 Å². The molecule has 1 fully saturated rings. The molecule has 1 aromatic rings. The number of nitrogens with zero attached hydrogens (tertiary/aromatic N) is 2. The maximum atomic E-state index is 13.6. The Morgan fingerprint density at radius 1 is 1.42 bits per heavy atom. The van der Waals surface area contributed by atoms with Crippen LogP contribution in [0.1, 0.15) is 6.42 Å². The van der Waals surface area contributed by atoms with E-state index in [9.17, 15) is 8.78 Å². The molecule has 5 heteroatoms. The number of hydrogen-bond acceptors (Lipinski definition) is 3. The summed E-state index contributed by atoms with van der Waals surface area (Å²) in [6, 6.07) is 4.15. The van der Waals surface area contributed by atoms with Crippen LogP contribution in [0.5, 0.6) is 0 Å². The molecule has 106 valence electrons. The van der Waals surface area contributed by atoms with Gasteiger partial charge in [-0.1, -0.05) is 0 Å². The van der Waals surface area contributed by atoms with Crippen LogP contribution in [0.25, 0.3) is 0 Å². The van der Waals surface area contributed by atoms with Crippen molar-refractivity contribution in [2.75, 3.05) is 45.2 Å². The summed E-state index contributed by atoms with van der Waals surface area (Å²) in [4.78, 5) is 4.13. The van der Waals surface area contributed by atoms with Gasteiger partial charge in [0.15, 0.2) is 0 Å². The van der Waals surface area contributed by atoms with E-state index < -0.39 is 11.6 Å².